The van der Waals surface area contributed by atoms with Gasteiger partial charge in [-0.25, -0.2) is 0 Å². The van der Waals surface area contributed by atoms with E-state index in [-0.39, 0.29) is 0 Å². The number of hydrogen-bond donors (Lipinski definition) is 0. The fourth-order valence-electron chi connectivity index (χ4n) is 9.30. The van der Waals surface area contributed by atoms with E-state index in [2.05, 4.69) is 187 Å². The molecule has 260 valence electrons. The molecule has 0 saturated heterocycles. The van der Waals surface area contributed by atoms with Crippen molar-refractivity contribution in [2.24, 2.45) is 0 Å². The zero-order valence-corrected chi connectivity index (χ0v) is 32.1. The van der Waals surface area contributed by atoms with Crippen molar-refractivity contribution in [3.8, 4) is 16.1 Å². The third-order valence-electron chi connectivity index (χ3n) is 11.8. The van der Waals surface area contributed by atoms with Crippen LogP contribution in [0.1, 0.15) is 11.1 Å². The van der Waals surface area contributed by atoms with Gasteiger partial charge in [-0.1, -0.05) is 0 Å². The Bertz CT molecular complexity index is 3220. The first-order valence-corrected chi connectivity index (χ1v) is 21.9. The Morgan fingerprint density at radius 3 is 1.91 bits per heavy atom. The molecule has 11 aromatic rings. The third-order valence-corrected chi connectivity index (χ3v) is 17.2. The van der Waals surface area contributed by atoms with Crippen LogP contribution in [0.3, 0.4) is 0 Å². The van der Waals surface area contributed by atoms with Crippen LogP contribution in [0.5, 0.6) is 0 Å². The average molecular weight is 733 g/mol. The van der Waals surface area contributed by atoms with Crippen LogP contribution in [-0.2, 0) is 0 Å². The number of hydrogen-bond acceptors (Lipinski definition) is 2. The first kappa shape index (κ1) is 31.6. The number of para-hydroxylation sites is 2. The second-order valence-corrected chi connectivity index (χ2v) is 19.5. The molecule has 0 bridgehead atoms. The second kappa shape index (κ2) is 11.8. The van der Waals surface area contributed by atoms with Crippen LogP contribution in [0, 0.1) is 13.8 Å². The van der Waals surface area contributed by atoms with Crippen LogP contribution in [0.4, 0.5) is 0 Å². The zero-order valence-electron chi connectivity index (χ0n) is 30.3. The summed E-state index contributed by atoms with van der Waals surface area (Å²) in [5, 5.41) is 11.6. The Balaban J connectivity index is 1.24. The molecule has 11 rings (SSSR count). The number of rotatable bonds is 5. The molecule has 0 unspecified atom stereocenters. The van der Waals surface area contributed by atoms with E-state index in [0.29, 0.717) is 0 Å². The van der Waals surface area contributed by atoms with Crippen molar-refractivity contribution in [1.82, 2.24) is 8.90 Å². The van der Waals surface area contributed by atoms with E-state index in [0.717, 1.165) is 11.1 Å². The monoisotopic (exact) mass is 732 g/mol. The number of aryl methyl sites for hydroxylation is 2. The first-order chi connectivity index (χ1) is 26.5. The molecule has 0 saturated carbocycles. The fraction of sp³-hybridized carbons (Fsp3) is 0.0612. The molecule has 0 aliphatic rings. The number of thiophene rings is 1. The van der Waals surface area contributed by atoms with E-state index in [1.807, 2.05) is 17.6 Å². The van der Waals surface area contributed by atoms with Gasteiger partial charge in [-0.05, 0) is 13.0 Å². The minimum atomic E-state index is -2.58. The molecule has 4 aromatic heterocycles. The van der Waals surface area contributed by atoms with Gasteiger partial charge < -0.3 is 4.42 Å². The number of nitrogens with zero attached hydrogens (tertiary/aromatic N) is 2. The SMILES string of the molecule is Cc1coc2cccc(-c3ccc4c5ccccc5n(-c5cc6c(ccc7c8ccccc8n([PH](C)(c8ccccc8)c8ccccc8)c67)s5)c4c3C)c12. The van der Waals surface area contributed by atoms with Gasteiger partial charge >= 0.3 is 295 Å². The Morgan fingerprint density at radius 1 is 0.537 bits per heavy atom. The van der Waals surface area contributed by atoms with Crippen molar-refractivity contribution >= 4 is 94.0 Å². The molecule has 0 spiro atoms. The Hall–Kier alpha value is -5.93. The Kier molecular flexibility index (Phi) is 6.89. The van der Waals surface area contributed by atoms with Crippen LogP contribution in [-0.4, -0.2) is 15.6 Å². The number of benzene rings is 7. The fourth-order valence-corrected chi connectivity index (χ4v) is 14.3. The summed E-state index contributed by atoms with van der Waals surface area (Å²) in [5.74, 6) is 0. The van der Waals surface area contributed by atoms with Crippen LogP contribution in [0.25, 0.3) is 80.8 Å². The molecular weight excluding hydrogens is 696 g/mol. The summed E-state index contributed by atoms with van der Waals surface area (Å²) in [5.41, 5.74) is 10.9. The number of furan rings is 1. The predicted octanol–water partition coefficient (Wildman–Crippen LogP) is 12.9. The van der Waals surface area contributed by atoms with E-state index in [1.54, 1.807) is 0 Å². The van der Waals surface area contributed by atoms with Gasteiger partial charge in [-0.3, -0.25) is 0 Å². The average Bonchev–Trinajstić information content (AvgIpc) is 3.99. The second-order valence-electron chi connectivity index (χ2n) is 14.7. The summed E-state index contributed by atoms with van der Waals surface area (Å²) in [6, 6.07) is 58.5. The molecule has 7 aromatic carbocycles. The van der Waals surface area contributed by atoms with Gasteiger partial charge in [0.15, 0.2) is 0 Å². The summed E-state index contributed by atoms with van der Waals surface area (Å²) in [6.45, 7) is 6.96. The quantitative estimate of drug-likeness (QED) is 0.162. The first-order valence-electron chi connectivity index (χ1n) is 18.6. The molecular formula is C49H37N2OPS. The van der Waals surface area contributed by atoms with Crippen molar-refractivity contribution < 1.29 is 4.42 Å². The van der Waals surface area contributed by atoms with Crippen molar-refractivity contribution in [2.45, 2.75) is 13.8 Å². The van der Waals surface area contributed by atoms with E-state index in [1.165, 1.54) is 91.4 Å². The maximum atomic E-state index is 5.96. The number of aromatic nitrogens is 2. The van der Waals surface area contributed by atoms with Crippen LogP contribution >= 0.6 is 18.7 Å². The topological polar surface area (TPSA) is 23.0 Å². The maximum absolute atomic E-state index is 5.96. The Labute approximate surface area is 317 Å². The van der Waals surface area contributed by atoms with Gasteiger partial charge in [-0.15, -0.1) is 0 Å². The third kappa shape index (κ3) is 4.33. The van der Waals surface area contributed by atoms with Gasteiger partial charge in [0.2, 0.25) is 0 Å². The molecule has 0 radical (unpaired) electrons. The van der Waals surface area contributed by atoms with Crippen molar-refractivity contribution in [3.05, 3.63) is 175 Å². The zero-order chi connectivity index (χ0) is 36.1. The Morgan fingerprint density at radius 2 is 1.17 bits per heavy atom. The van der Waals surface area contributed by atoms with Gasteiger partial charge in [0.1, 0.15) is 0 Å². The van der Waals surface area contributed by atoms with Crippen molar-refractivity contribution in [1.29, 1.82) is 0 Å². The van der Waals surface area contributed by atoms with Crippen molar-refractivity contribution in [2.75, 3.05) is 6.66 Å². The van der Waals surface area contributed by atoms with E-state index >= 15 is 0 Å². The summed E-state index contributed by atoms with van der Waals surface area (Å²) < 4.78 is 12.5. The summed E-state index contributed by atoms with van der Waals surface area (Å²) in [6.07, 6.45) is 1.87. The molecule has 0 amide bonds. The molecule has 0 atom stereocenters. The predicted molar refractivity (Wildman–Crippen MR) is 236 cm³/mol. The normalized spacial score (nSPS) is 12.6. The van der Waals surface area contributed by atoms with Crippen LogP contribution in [0.2, 0.25) is 0 Å². The van der Waals surface area contributed by atoms with Crippen molar-refractivity contribution in [3.63, 3.8) is 0 Å². The molecule has 0 fully saturated rings. The van der Waals surface area contributed by atoms with Gasteiger partial charge in [0.05, 0.1) is 6.26 Å². The number of fused-ring (bicyclic) bond motifs is 9. The van der Waals surface area contributed by atoms with Crippen LogP contribution < -0.4 is 10.6 Å². The summed E-state index contributed by atoms with van der Waals surface area (Å²) in [7, 11) is -2.58. The summed E-state index contributed by atoms with van der Waals surface area (Å²) in [4.78, 5) is 0. The summed E-state index contributed by atoms with van der Waals surface area (Å²) >= 11 is 1.89. The molecule has 5 heteroatoms. The van der Waals surface area contributed by atoms with Gasteiger partial charge in [0, 0.05) is 0 Å². The molecule has 4 heterocycles. The van der Waals surface area contributed by atoms with Gasteiger partial charge in [-0.2, -0.15) is 0 Å². The van der Waals surface area contributed by atoms with E-state index in [4.69, 9.17) is 4.42 Å². The molecule has 3 nitrogen and oxygen atoms in total. The van der Waals surface area contributed by atoms with Crippen LogP contribution in [0.15, 0.2) is 168 Å². The molecule has 54 heavy (non-hydrogen) atoms. The molecule has 0 N–H and O–H groups in total. The van der Waals surface area contributed by atoms with Gasteiger partial charge in [0.25, 0.3) is 0 Å². The molecule has 0 aliphatic carbocycles. The van der Waals surface area contributed by atoms with E-state index < -0.39 is 7.41 Å². The standard InChI is InChI=1S/C49H37N2OPS/c1-31-30-52-44-24-14-21-38(47(31)44)35-25-26-39-36-19-10-12-22-42(36)50(48(39)32(35)2)46-29-41-45(54-46)28-27-40-37-20-11-13-23-43(37)51(49(40)41)53(3,33-15-6-4-7-16-33)34-17-8-5-9-18-34/h4-30,53H,1-3H3. The molecule has 0 aliphatic heterocycles. The van der Waals surface area contributed by atoms with E-state index in [9.17, 15) is 0 Å². The minimum absolute atomic E-state index is 0.926.